The molecule has 6 heteroatoms. The first-order valence-electron chi connectivity index (χ1n) is 6.28. The molecule has 4 nitrogen and oxygen atoms in total. The Morgan fingerprint density at radius 1 is 1.53 bits per heavy atom. The zero-order valence-electron chi connectivity index (χ0n) is 10.6. The maximum absolute atomic E-state index is 11.6. The minimum atomic E-state index is -0.548. The fourth-order valence-corrected chi connectivity index (χ4v) is 4.50. The van der Waals surface area contributed by atoms with E-state index in [0.717, 1.165) is 27.2 Å². The Bertz CT molecular complexity index is 531. The number of halogens is 1. The number of hydrogen-bond acceptors (Lipinski definition) is 4. The molecule has 2 atom stereocenters. The molecule has 3 N–H and O–H groups in total. The molecule has 2 aliphatic heterocycles. The number of fused-ring (bicyclic) bond motifs is 1. The smallest absolute Gasteiger partial charge is 0.245 e. The largest absolute Gasteiger partial charge is 0.370 e. The van der Waals surface area contributed by atoms with Crippen molar-refractivity contribution in [3.05, 3.63) is 22.2 Å². The van der Waals surface area contributed by atoms with Gasteiger partial charge in [0, 0.05) is 34.6 Å². The van der Waals surface area contributed by atoms with E-state index < -0.39 is 6.04 Å². The zero-order chi connectivity index (χ0) is 13.6. The molecule has 2 heterocycles. The number of carbonyl (C=O) groups is 1. The number of thioether (sulfide) groups is 1. The molecule has 0 aromatic heterocycles. The van der Waals surface area contributed by atoms with Crippen LogP contribution in [0.15, 0.2) is 16.6 Å². The van der Waals surface area contributed by atoms with E-state index in [-0.39, 0.29) is 5.91 Å². The third-order valence-electron chi connectivity index (χ3n) is 3.83. The van der Waals surface area contributed by atoms with Gasteiger partial charge in [-0.2, -0.15) is 11.8 Å². The summed E-state index contributed by atoms with van der Waals surface area (Å²) in [6.45, 7) is 0. The molecule has 1 fully saturated rings. The van der Waals surface area contributed by atoms with Crippen LogP contribution in [0.1, 0.15) is 18.0 Å². The standard InChI is InChI=1S/C13H16BrN3OS/c1-17(7-2-3-19-6-7)11-5-10-8(4-9(11)14)12(15)13(18)16-10/h4-5,7,12H,2-3,6,15H2,1H3,(H,16,18). The fraction of sp³-hybridized carbons (Fsp3) is 0.462. The highest BCUT2D eigenvalue weighted by Gasteiger charge is 2.30. The molecule has 19 heavy (non-hydrogen) atoms. The van der Waals surface area contributed by atoms with Crippen LogP contribution < -0.4 is 16.0 Å². The average Bonchev–Trinajstić information content (AvgIpc) is 3.00. The maximum atomic E-state index is 11.6. The van der Waals surface area contributed by atoms with Crippen molar-refractivity contribution in [1.82, 2.24) is 0 Å². The average molecular weight is 342 g/mol. The fourth-order valence-electron chi connectivity index (χ4n) is 2.59. The van der Waals surface area contributed by atoms with Crippen LogP contribution in [0.2, 0.25) is 0 Å². The Kier molecular flexibility index (Phi) is 3.49. The predicted molar refractivity (Wildman–Crippen MR) is 83.8 cm³/mol. The summed E-state index contributed by atoms with van der Waals surface area (Å²) in [5, 5.41) is 2.84. The lowest BCUT2D eigenvalue weighted by molar-refractivity contribution is -0.116. The van der Waals surface area contributed by atoms with Gasteiger partial charge in [0.15, 0.2) is 0 Å². The molecule has 0 bridgehead atoms. The summed E-state index contributed by atoms with van der Waals surface area (Å²) >= 11 is 5.59. The van der Waals surface area contributed by atoms with Gasteiger partial charge in [-0.05, 0) is 40.2 Å². The molecule has 1 saturated heterocycles. The molecule has 1 amide bonds. The van der Waals surface area contributed by atoms with Crippen LogP contribution in [0.25, 0.3) is 0 Å². The Hall–Kier alpha value is -0.720. The van der Waals surface area contributed by atoms with Crippen LogP contribution in [0.3, 0.4) is 0 Å². The summed E-state index contributed by atoms with van der Waals surface area (Å²) in [5.74, 6) is 2.25. The van der Waals surface area contributed by atoms with Crippen molar-refractivity contribution in [2.75, 3.05) is 28.8 Å². The summed E-state index contributed by atoms with van der Waals surface area (Å²) < 4.78 is 0.998. The van der Waals surface area contributed by atoms with E-state index in [1.165, 1.54) is 12.2 Å². The SMILES string of the molecule is CN(c1cc2c(cc1Br)C(N)C(=O)N2)C1CCSC1. The number of carbonyl (C=O) groups excluding carboxylic acids is 1. The third-order valence-corrected chi connectivity index (χ3v) is 5.61. The molecule has 0 radical (unpaired) electrons. The van der Waals surface area contributed by atoms with Crippen LogP contribution in [0.4, 0.5) is 11.4 Å². The van der Waals surface area contributed by atoms with Gasteiger partial charge >= 0.3 is 0 Å². The topological polar surface area (TPSA) is 58.4 Å². The Morgan fingerprint density at radius 3 is 3.00 bits per heavy atom. The molecule has 102 valence electrons. The second-order valence-corrected chi connectivity index (χ2v) is 6.99. The van der Waals surface area contributed by atoms with Gasteiger partial charge < -0.3 is 16.0 Å². The normalized spacial score (nSPS) is 25.3. The van der Waals surface area contributed by atoms with E-state index in [2.05, 4.69) is 33.2 Å². The number of benzene rings is 1. The van der Waals surface area contributed by atoms with Crippen molar-refractivity contribution in [1.29, 1.82) is 0 Å². The Labute approximate surface area is 125 Å². The Balaban J connectivity index is 1.95. The van der Waals surface area contributed by atoms with Crippen LogP contribution in [-0.2, 0) is 4.79 Å². The van der Waals surface area contributed by atoms with Gasteiger partial charge in [0.05, 0.1) is 5.69 Å². The first-order chi connectivity index (χ1) is 9.08. The maximum Gasteiger partial charge on any atom is 0.245 e. The van der Waals surface area contributed by atoms with Crippen LogP contribution in [-0.4, -0.2) is 30.5 Å². The number of nitrogens with zero attached hydrogens (tertiary/aromatic N) is 1. The first-order valence-corrected chi connectivity index (χ1v) is 8.23. The van der Waals surface area contributed by atoms with E-state index in [9.17, 15) is 4.79 Å². The number of anilines is 2. The molecule has 0 saturated carbocycles. The summed E-state index contributed by atoms with van der Waals surface area (Å²) in [7, 11) is 2.11. The van der Waals surface area contributed by atoms with E-state index in [1.54, 1.807) is 0 Å². The van der Waals surface area contributed by atoms with Gasteiger partial charge in [-0.3, -0.25) is 4.79 Å². The van der Waals surface area contributed by atoms with Crippen molar-refractivity contribution in [3.63, 3.8) is 0 Å². The van der Waals surface area contributed by atoms with Crippen LogP contribution in [0.5, 0.6) is 0 Å². The van der Waals surface area contributed by atoms with Crippen molar-refractivity contribution < 1.29 is 4.79 Å². The number of amides is 1. The van der Waals surface area contributed by atoms with Gasteiger partial charge in [0.2, 0.25) is 5.91 Å². The number of rotatable bonds is 2. The summed E-state index contributed by atoms with van der Waals surface area (Å²) in [6, 6.07) is 4.00. The quantitative estimate of drug-likeness (QED) is 0.866. The second-order valence-electron chi connectivity index (χ2n) is 4.99. The minimum Gasteiger partial charge on any atom is -0.370 e. The number of nitrogens with one attached hydrogen (secondary N) is 1. The van der Waals surface area contributed by atoms with Crippen LogP contribution in [0, 0.1) is 0 Å². The highest BCUT2D eigenvalue weighted by molar-refractivity contribution is 9.10. The molecule has 0 aliphatic carbocycles. The molecule has 1 aromatic carbocycles. The predicted octanol–water partition coefficient (Wildman–Crippen LogP) is 2.34. The molecular formula is C13H16BrN3OS. The molecular weight excluding hydrogens is 326 g/mol. The molecule has 3 rings (SSSR count). The number of nitrogens with two attached hydrogens (primary N) is 1. The van der Waals surface area contributed by atoms with Crippen molar-refractivity contribution in [2.45, 2.75) is 18.5 Å². The van der Waals surface area contributed by atoms with E-state index in [4.69, 9.17) is 5.73 Å². The van der Waals surface area contributed by atoms with Crippen molar-refractivity contribution in [3.8, 4) is 0 Å². The monoisotopic (exact) mass is 341 g/mol. The van der Waals surface area contributed by atoms with Crippen molar-refractivity contribution in [2.24, 2.45) is 5.73 Å². The molecule has 2 aliphatic rings. The van der Waals surface area contributed by atoms with Crippen LogP contribution >= 0.6 is 27.7 Å². The van der Waals surface area contributed by atoms with Gasteiger partial charge in [0.25, 0.3) is 0 Å². The minimum absolute atomic E-state index is 0.127. The third kappa shape index (κ3) is 2.26. The van der Waals surface area contributed by atoms with Gasteiger partial charge in [-0.1, -0.05) is 0 Å². The first kappa shape index (κ1) is 13.3. The summed E-state index contributed by atoms with van der Waals surface area (Å²) in [4.78, 5) is 13.9. The van der Waals surface area contributed by atoms with E-state index in [1.807, 2.05) is 23.9 Å². The lowest BCUT2D eigenvalue weighted by Gasteiger charge is -2.27. The van der Waals surface area contributed by atoms with Gasteiger partial charge in [0.1, 0.15) is 6.04 Å². The highest BCUT2D eigenvalue weighted by Crippen LogP contribution is 2.39. The number of hydrogen-bond donors (Lipinski definition) is 2. The molecule has 2 unspecified atom stereocenters. The van der Waals surface area contributed by atoms with Crippen molar-refractivity contribution >= 4 is 45.0 Å². The molecule has 0 spiro atoms. The van der Waals surface area contributed by atoms with E-state index in [0.29, 0.717) is 6.04 Å². The zero-order valence-corrected chi connectivity index (χ0v) is 13.1. The molecule has 1 aromatic rings. The van der Waals surface area contributed by atoms with Gasteiger partial charge in [-0.25, -0.2) is 0 Å². The summed E-state index contributed by atoms with van der Waals surface area (Å²) in [6.07, 6.45) is 1.20. The second kappa shape index (κ2) is 5.00. The van der Waals surface area contributed by atoms with Gasteiger partial charge in [-0.15, -0.1) is 0 Å². The Morgan fingerprint density at radius 2 is 2.32 bits per heavy atom. The lowest BCUT2D eigenvalue weighted by atomic mass is 10.1. The lowest BCUT2D eigenvalue weighted by Crippen LogP contribution is -2.31. The van der Waals surface area contributed by atoms with E-state index >= 15 is 0 Å². The summed E-state index contributed by atoms with van der Waals surface area (Å²) in [5.41, 5.74) is 8.68. The highest BCUT2D eigenvalue weighted by atomic mass is 79.9.